The van der Waals surface area contributed by atoms with Gasteiger partial charge in [-0.1, -0.05) is 32.9 Å². The molecule has 0 radical (unpaired) electrons. The highest BCUT2D eigenvalue weighted by atomic mass is 19.1. The highest BCUT2D eigenvalue weighted by Gasteiger charge is 2.49. The molecule has 0 spiro atoms. The van der Waals surface area contributed by atoms with Gasteiger partial charge in [-0.15, -0.1) is 0 Å². The molecule has 4 amide bonds. The van der Waals surface area contributed by atoms with Crippen LogP contribution in [0.4, 0.5) is 14.9 Å². The predicted octanol–water partition coefficient (Wildman–Crippen LogP) is 2.80. The van der Waals surface area contributed by atoms with Crippen molar-refractivity contribution >= 4 is 46.4 Å². The lowest BCUT2D eigenvalue weighted by atomic mass is 9.78. The number of aliphatic hydroxyl groups is 1. The number of cyclic esters (lactones) is 1. The summed E-state index contributed by atoms with van der Waals surface area (Å²) < 4.78 is 33.0. The zero-order valence-corrected chi connectivity index (χ0v) is 35.6. The molecular weight excluding hydrogens is 818 g/mol. The Morgan fingerprint density at radius 2 is 1.79 bits per heavy atom. The van der Waals surface area contributed by atoms with Crippen molar-refractivity contribution in [2.75, 3.05) is 25.1 Å². The molecule has 0 saturated carbocycles. The fourth-order valence-electron chi connectivity index (χ4n) is 8.80. The van der Waals surface area contributed by atoms with Crippen LogP contribution in [0.25, 0.3) is 22.3 Å². The second-order valence-corrected chi connectivity index (χ2v) is 17.2. The fraction of sp³-hybridized carbons (Fsp3) is 0.444. The maximum absolute atomic E-state index is 15.4. The van der Waals surface area contributed by atoms with Gasteiger partial charge in [-0.2, -0.15) is 0 Å². The summed E-state index contributed by atoms with van der Waals surface area (Å²) in [7, 11) is 0. The van der Waals surface area contributed by atoms with Crippen LogP contribution in [0.15, 0.2) is 41.2 Å². The van der Waals surface area contributed by atoms with E-state index in [1.807, 2.05) is 13.8 Å². The molecular formula is C45H50FN7O10. The minimum absolute atomic E-state index is 0.0183. The van der Waals surface area contributed by atoms with Crippen LogP contribution in [-0.4, -0.2) is 81.8 Å². The lowest BCUT2D eigenvalue weighted by molar-refractivity contribution is -0.172. The van der Waals surface area contributed by atoms with E-state index in [0.29, 0.717) is 46.6 Å². The van der Waals surface area contributed by atoms with E-state index in [1.165, 1.54) is 10.6 Å². The zero-order valence-electron chi connectivity index (χ0n) is 35.6. The maximum Gasteiger partial charge on any atom is 0.408 e. The number of aromatic nitrogens is 2. The first kappa shape index (κ1) is 43.4. The van der Waals surface area contributed by atoms with Crippen LogP contribution in [0.2, 0.25) is 0 Å². The fourth-order valence-corrected chi connectivity index (χ4v) is 8.80. The first-order valence-electron chi connectivity index (χ1n) is 21.0. The van der Waals surface area contributed by atoms with Crippen molar-refractivity contribution in [1.82, 2.24) is 25.5 Å². The largest absolute Gasteiger partial charge is 0.458 e. The van der Waals surface area contributed by atoms with E-state index in [0.717, 1.165) is 22.1 Å². The molecule has 2 aromatic carbocycles. The Labute approximate surface area is 361 Å². The van der Waals surface area contributed by atoms with Crippen molar-refractivity contribution in [3.63, 3.8) is 0 Å². The Morgan fingerprint density at radius 1 is 1.06 bits per heavy atom. The number of carbonyl (C=O) groups excluding carboxylic acids is 5. The number of aryl methyl sites for hydroxylation is 1. The van der Waals surface area contributed by atoms with Crippen molar-refractivity contribution in [1.29, 1.82) is 0 Å². The molecule has 4 atom stereocenters. The van der Waals surface area contributed by atoms with Gasteiger partial charge in [0.05, 0.1) is 48.3 Å². The molecule has 1 fully saturated rings. The number of nitrogens with one attached hydrogen (secondary N) is 4. The number of hydrogen-bond donors (Lipinski definition) is 6. The molecule has 17 nitrogen and oxygen atoms in total. The number of amides is 4. The normalized spacial score (nSPS) is 20.0. The highest BCUT2D eigenvalue weighted by molar-refractivity contribution is 5.98. The van der Waals surface area contributed by atoms with Crippen molar-refractivity contribution in [3.05, 3.63) is 91.5 Å². The lowest BCUT2D eigenvalue weighted by Crippen LogP contribution is -2.70. The van der Waals surface area contributed by atoms with Gasteiger partial charge in [0, 0.05) is 40.7 Å². The van der Waals surface area contributed by atoms with Gasteiger partial charge in [0.25, 0.3) is 11.5 Å². The van der Waals surface area contributed by atoms with Crippen LogP contribution in [0, 0.1) is 18.7 Å². The van der Waals surface area contributed by atoms with Crippen LogP contribution < -0.4 is 32.6 Å². The van der Waals surface area contributed by atoms with Crippen molar-refractivity contribution in [2.24, 2.45) is 11.7 Å². The number of pyridine rings is 2. The number of ether oxygens (including phenoxy) is 3. The van der Waals surface area contributed by atoms with Crippen molar-refractivity contribution in [2.45, 2.75) is 103 Å². The molecule has 4 aliphatic rings. The summed E-state index contributed by atoms with van der Waals surface area (Å²) in [6.07, 6.45) is 0.179. The number of alkyl carbamates (subject to hydrolysis) is 1. The smallest absolute Gasteiger partial charge is 0.408 e. The van der Waals surface area contributed by atoms with Gasteiger partial charge in [-0.3, -0.25) is 19.2 Å². The van der Waals surface area contributed by atoms with Gasteiger partial charge in [-0.05, 0) is 79.5 Å². The van der Waals surface area contributed by atoms with E-state index in [4.69, 9.17) is 24.9 Å². The third kappa shape index (κ3) is 7.59. The van der Waals surface area contributed by atoms with Crippen LogP contribution in [-0.2, 0) is 65.2 Å². The number of halogens is 1. The lowest BCUT2D eigenvalue weighted by Gasteiger charge is -2.40. The van der Waals surface area contributed by atoms with Crippen LogP contribution in [0.1, 0.15) is 85.4 Å². The van der Waals surface area contributed by atoms with E-state index in [1.54, 1.807) is 51.1 Å². The molecule has 3 aliphatic heterocycles. The van der Waals surface area contributed by atoms with E-state index in [9.17, 15) is 33.9 Å². The summed E-state index contributed by atoms with van der Waals surface area (Å²) >= 11 is 0. The summed E-state index contributed by atoms with van der Waals surface area (Å²) in [6.45, 7) is 8.18. The number of anilines is 1. The van der Waals surface area contributed by atoms with Gasteiger partial charge >= 0.3 is 12.1 Å². The number of esters is 1. The van der Waals surface area contributed by atoms with Gasteiger partial charge < -0.3 is 50.9 Å². The number of carbonyl (C=O) groups is 5. The van der Waals surface area contributed by atoms with E-state index in [-0.39, 0.29) is 68.9 Å². The van der Waals surface area contributed by atoms with E-state index < -0.39 is 64.4 Å². The number of rotatable bonds is 12. The maximum atomic E-state index is 15.4. The molecule has 1 saturated heterocycles. The van der Waals surface area contributed by atoms with Crippen LogP contribution in [0.5, 0.6) is 0 Å². The number of nitrogens with zero attached hydrogens (tertiary/aromatic N) is 2. The Bertz CT molecular complexity index is 2640. The zero-order chi connectivity index (χ0) is 45.1. The minimum atomic E-state index is -2.02. The highest BCUT2D eigenvalue weighted by Crippen LogP contribution is 2.46. The van der Waals surface area contributed by atoms with Crippen molar-refractivity contribution in [3.8, 4) is 11.4 Å². The SMILES string of the molecule is CC[C@]1(O)C(=O)OCc2c1cc1n(c2=O)Cc2c-1nc1cc(F)c(C)c3c1c2[C@H](CNC(=O)C1(NC(=O)OCc2ccc(NC(=O)[C@H](C)NC(=O)[C@@H](N)C(C)C)cc2)COC1)CC3. The predicted molar refractivity (Wildman–Crippen MR) is 226 cm³/mol. The average molecular weight is 868 g/mol. The molecule has 0 unspecified atom stereocenters. The Kier molecular flexibility index (Phi) is 11.3. The monoisotopic (exact) mass is 867 g/mol. The topological polar surface area (TPSA) is 242 Å². The number of hydrogen-bond acceptors (Lipinski definition) is 12. The van der Waals surface area contributed by atoms with E-state index in [2.05, 4.69) is 21.3 Å². The molecule has 1 aliphatic carbocycles. The first-order valence-corrected chi connectivity index (χ1v) is 21.0. The molecule has 0 bridgehead atoms. The van der Waals surface area contributed by atoms with Gasteiger partial charge in [0.15, 0.2) is 11.1 Å². The average Bonchev–Trinajstić information content (AvgIpc) is 3.62. The quantitative estimate of drug-likeness (QED) is 0.0993. The van der Waals surface area contributed by atoms with Gasteiger partial charge in [-0.25, -0.2) is 19.0 Å². The molecule has 2 aromatic heterocycles. The molecule has 18 heteroatoms. The summed E-state index contributed by atoms with van der Waals surface area (Å²) in [5.41, 5.74) is 7.49. The standard InChI is InChI=1S/C45H50FN7O10/c1-6-45(60)30-13-33-37-28(16-53(33)40(56)29(30)18-62-42(45)58)34-25(9-12-27-22(4)31(46)14-32(51-37)35(27)34)15-48-41(57)44(19-61-20-44)52-43(59)63-17-24-7-10-26(11-8-24)50-38(54)23(5)49-39(55)36(47)21(2)3/h7-8,10-11,13-14,21,23,25,36,60H,6,9,12,15-20,47H2,1-5H3,(H,48,57)(H,49,55)(H,50,54)(H,52,59)/t23-,25-,36-,45+/m0/s1. The molecule has 8 rings (SSSR count). The third-order valence-corrected chi connectivity index (χ3v) is 12.8. The second-order valence-electron chi connectivity index (χ2n) is 17.2. The minimum Gasteiger partial charge on any atom is -0.458 e. The molecule has 4 aromatic rings. The molecule has 332 valence electrons. The number of benzene rings is 2. The molecule has 63 heavy (non-hydrogen) atoms. The Balaban J connectivity index is 0.952. The van der Waals surface area contributed by atoms with Crippen molar-refractivity contribution < 1.29 is 47.7 Å². The summed E-state index contributed by atoms with van der Waals surface area (Å²) in [4.78, 5) is 83.5. The van der Waals surface area contributed by atoms with E-state index >= 15 is 4.39 Å². The second kappa shape index (κ2) is 16.5. The number of nitrogens with two attached hydrogens (primary N) is 1. The number of fused-ring (bicyclic) bond motifs is 5. The van der Waals surface area contributed by atoms with Gasteiger partial charge in [0.2, 0.25) is 11.8 Å². The Morgan fingerprint density at radius 3 is 2.46 bits per heavy atom. The first-order chi connectivity index (χ1) is 30.0. The third-order valence-electron chi connectivity index (χ3n) is 12.8. The molecule has 7 N–H and O–H groups in total. The summed E-state index contributed by atoms with van der Waals surface area (Å²) in [5, 5.41) is 23.1. The van der Waals surface area contributed by atoms with Crippen LogP contribution >= 0.6 is 0 Å². The Hall–Kier alpha value is -6.24. The summed E-state index contributed by atoms with van der Waals surface area (Å²) in [5.74, 6) is -3.00. The summed E-state index contributed by atoms with van der Waals surface area (Å²) in [6, 6.07) is 7.97. The van der Waals surface area contributed by atoms with Gasteiger partial charge in [0.1, 0.15) is 25.1 Å². The van der Waals surface area contributed by atoms with Crippen LogP contribution in [0.3, 0.4) is 0 Å². The molecule has 5 heterocycles.